The van der Waals surface area contributed by atoms with Gasteiger partial charge in [0, 0.05) is 12.1 Å². The lowest BCUT2D eigenvalue weighted by molar-refractivity contribution is 0.464. The van der Waals surface area contributed by atoms with Gasteiger partial charge in [0.05, 0.1) is 0 Å². The van der Waals surface area contributed by atoms with Gasteiger partial charge in [0.25, 0.3) is 0 Å². The topological polar surface area (TPSA) is 59.2 Å². The maximum atomic E-state index is 9.69. The number of oxazole rings is 1. The predicted octanol–water partition coefficient (Wildman–Crippen LogP) is 3.08. The first-order valence-electron chi connectivity index (χ1n) is 6.23. The standard InChI is InChI=1S/C16H12N2O2/c1-11(5-6-12-4-2-3-9-17-12)13-7-8-14(19)16-15(13)18-10-20-16/h2-4,7-11,19H,1H3. The molecule has 1 unspecified atom stereocenters. The van der Waals surface area contributed by atoms with E-state index in [0.717, 1.165) is 11.3 Å². The molecule has 0 spiro atoms. The molecule has 1 atom stereocenters. The molecule has 0 aliphatic carbocycles. The summed E-state index contributed by atoms with van der Waals surface area (Å²) in [5, 5.41) is 9.69. The number of benzene rings is 1. The Morgan fingerprint density at radius 3 is 2.90 bits per heavy atom. The van der Waals surface area contributed by atoms with Crippen molar-refractivity contribution in [2.75, 3.05) is 0 Å². The maximum absolute atomic E-state index is 9.69. The lowest BCUT2D eigenvalue weighted by Crippen LogP contribution is -1.92. The van der Waals surface area contributed by atoms with Crippen molar-refractivity contribution < 1.29 is 9.52 Å². The van der Waals surface area contributed by atoms with Crippen LogP contribution in [0, 0.1) is 11.8 Å². The zero-order valence-electron chi connectivity index (χ0n) is 10.9. The number of hydrogen-bond donors (Lipinski definition) is 1. The highest BCUT2D eigenvalue weighted by Crippen LogP contribution is 2.30. The van der Waals surface area contributed by atoms with Gasteiger partial charge < -0.3 is 9.52 Å². The quantitative estimate of drug-likeness (QED) is 0.686. The van der Waals surface area contributed by atoms with Crippen molar-refractivity contribution in [2.45, 2.75) is 12.8 Å². The number of pyridine rings is 1. The Balaban J connectivity index is 1.98. The van der Waals surface area contributed by atoms with Gasteiger partial charge in [-0.25, -0.2) is 9.97 Å². The second-order valence-corrected chi connectivity index (χ2v) is 4.41. The minimum absolute atomic E-state index is 0.0368. The van der Waals surface area contributed by atoms with E-state index in [4.69, 9.17) is 4.42 Å². The predicted molar refractivity (Wildman–Crippen MR) is 75.2 cm³/mol. The number of phenolic OH excluding ortho intramolecular Hbond substituents is 1. The van der Waals surface area contributed by atoms with Crippen LogP contribution in [-0.2, 0) is 0 Å². The summed E-state index contributed by atoms with van der Waals surface area (Å²) in [7, 11) is 0. The van der Waals surface area contributed by atoms with Crippen LogP contribution in [-0.4, -0.2) is 15.1 Å². The van der Waals surface area contributed by atoms with Crippen LogP contribution in [0.3, 0.4) is 0 Å². The van der Waals surface area contributed by atoms with Gasteiger partial charge in [-0.2, -0.15) is 0 Å². The molecule has 0 amide bonds. The summed E-state index contributed by atoms with van der Waals surface area (Å²) in [5.41, 5.74) is 2.70. The first kappa shape index (κ1) is 12.2. The third kappa shape index (κ3) is 2.21. The molecule has 2 heterocycles. The van der Waals surface area contributed by atoms with E-state index < -0.39 is 0 Å². The van der Waals surface area contributed by atoms with E-state index >= 15 is 0 Å². The number of hydrogen-bond acceptors (Lipinski definition) is 4. The van der Waals surface area contributed by atoms with Crippen molar-refractivity contribution in [3.8, 4) is 17.6 Å². The number of aromatic hydroxyl groups is 1. The Morgan fingerprint density at radius 1 is 1.20 bits per heavy atom. The molecular weight excluding hydrogens is 252 g/mol. The first-order valence-corrected chi connectivity index (χ1v) is 6.23. The van der Waals surface area contributed by atoms with Crippen molar-refractivity contribution >= 4 is 11.1 Å². The number of nitrogens with zero attached hydrogens (tertiary/aromatic N) is 2. The molecule has 0 bridgehead atoms. The van der Waals surface area contributed by atoms with Gasteiger partial charge >= 0.3 is 0 Å². The first-order chi connectivity index (χ1) is 9.75. The second kappa shape index (κ2) is 5.06. The molecule has 0 fully saturated rings. The van der Waals surface area contributed by atoms with Gasteiger partial charge in [0.15, 0.2) is 17.7 Å². The lowest BCUT2D eigenvalue weighted by atomic mass is 10.00. The molecule has 1 N–H and O–H groups in total. The Kier molecular flexibility index (Phi) is 3.10. The summed E-state index contributed by atoms with van der Waals surface area (Å²) in [4.78, 5) is 8.31. The summed E-state index contributed by atoms with van der Waals surface area (Å²) in [6, 6.07) is 9.04. The van der Waals surface area contributed by atoms with E-state index in [1.165, 1.54) is 6.39 Å². The van der Waals surface area contributed by atoms with Gasteiger partial charge in [-0.3, -0.25) is 0 Å². The highest BCUT2D eigenvalue weighted by Gasteiger charge is 2.13. The van der Waals surface area contributed by atoms with E-state index in [2.05, 4.69) is 21.8 Å². The van der Waals surface area contributed by atoms with E-state index in [1.54, 1.807) is 12.3 Å². The SMILES string of the molecule is CC(C#Cc1ccccn1)c1ccc(O)c2ocnc12. The summed E-state index contributed by atoms with van der Waals surface area (Å²) < 4.78 is 5.18. The molecule has 0 radical (unpaired) electrons. The fourth-order valence-electron chi connectivity index (χ4n) is 2.00. The number of phenols is 1. The summed E-state index contributed by atoms with van der Waals surface area (Å²) in [5.74, 6) is 6.23. The average molecular weight is 264 g/mol. The Bertz CT molecular complexity index is 797. The number of aromatic nitrogens is 2. The number of fused-ring (bicyclic) bond motifs is 1. The van der Waals surface area contributed by atoms with Gasteiger partial charge in [-0.1, -0.05) is 18.1 Å². The highest BCUT2D eigenvalue weighted by atomic mass is 16.4. The molecule has 3 rings (SSSR count). The van der Waals surface area contributed by atoms with E-state index in [9.17, 15) is 5.11 Å². The highest BCUT2D eigenvalue weighted by molar-refractivity contribution is 5.82. The van der Waals surface area contributed by atoms with Gasteiger partial charge in [0.1, 0.15) is 11.2 Å². The van der Waals surface area contributed by atoms with Crippen LogP contribution in [0.15, 0.2) is 47.3 Å². The molecule has 20 heavy (non-hydrogen) atoms. The van der Waals surface area contributed by atoms with Crippen molar-refractivity contribution in [3.05, 3.63) is 54.2 Å². The van der Waals surface area contributed by atoms with E-state index in [0.29, 0.717) is 11.1 Å². The maximum Gasteiger partial charge on any atom is 0.196 e. The van der Waals surface area contributed by atoms with E-state index in [1.807, 2.05) is 31.2 Å². The van der Waals surface area contributed by atoms with E-state index in [-0.39, 0.29) is 11.7 Å². The molecule has 4 heteroatoms. The van der Waals surface area contributed by atoms with Crippen LogP contribution in [0.5, 0.6) is 5.75 Å². The average Bonchev–Trinajstić information content (AvgIpc) is 2.96. The third-order valence-corrected chi connectivity index (χ3v) is 3.04. The van der Waals surface area contributed by atoms with Crippen molar-refractivity contribution in [2.24, 2.45) is 0 Å². The lowest BCUT2D eigenvalue weighted by Gasteiger charge is -2.05. The van der Waals surface area contributed by atoms with Crippen LogP contribution < -0.4 is 0 Å². The van der Waals surface area contributed by atoms with Gasteiger partial charge in [0.2, 0.25) is 0 Å². The summed E-state index contributed by atoms with van der Waals surface area (Å²) in [6.07, 6.45) is 3.04. The summed E-state index contributed by atoms with van der Waals surface area (Å²) in [6.45, 7) is 1.98. The van der Waals surface area contributed by atoms with Crippen LogP contribution in [0.25, 0.3) is 11.1 Å². The molecule has 0 aliphatic heterocycles. The normalized spacial score (nSPS) is 11.8. The van der Waals surface area contributed by atoms with Crippen LogP contribution in [0.1, 0.15) is 24.1 Å². The molecule has 4 nitrogen and oxygen atoms in total. The molecule has 98 valence electrons. The Morgan fingerprint density at radius 2 is 2.10 bits per heavy atom. The van der Waals surface area contributed by atoms with Gasteiger partial charge in [-0.15, -0.1) is 0 Å². The van der Waals surface area contributed by atoms with Crippen molar-refractivity contribution in [1.82, 2.24) is 9.97 Å². The van der Waals surface area contributed by atoms with Gasteiger partial charge in [-0.05, 0) is 36.6 Å². The molecule has 0 saturated heterocycles. The van der Waals surface area contributed by atoms with Crippen LogP contribution in [0.2, 0.25) is 0 Å². The second-order valence-electron chi connectivity index (χ2n) is 4.41. The third-order valence-electron chi connectivity index (χ3n) is 3.04. The van der Waals surface area contributed by atoms with Crippen molar-refractivity contribution in [3.63, 3.8) is 0 Å². The number of rotatable bonds is 1. The smallest absolute Gasteiger partial charge is 0.196 e. The van der Waals surface area contributed by atoms with Crippen molar-refractivity contribution in [1.29, 1.82) is 0 Å². The largest absolute Gasteiger partial charge is 0.504 e. The Hall–Kier alpha value is -2.80. The van der Waals surface area contributed by atoms with Crippen LogP contribution in [0.4, 0.5) is 0 Å². The summed E-state index contributed by atoms with van der Waals surface area (Å²) >= 11 is 0. The molecule has 3 aromatic rings. The minimum atomic E-state index is -0.0368. The Labute approximate surface area is 116 Å². The zero-order valence-corrected chi connectivity index (χ0v) is 10.9. The monoisotopic (exact) mass is 264 g/mol. The molecule has 2 aromatic heterocycles. The zero-order chi connectivity index (χ0) is 13.9. The minimum Gasteiger partial charge on any atom is -0.504 e. The fraction of sp³-hybridized carbons (Fsp3) is 0.125. The molecule has 0 saturated carbocycles. The van der Waals surface area contributed by atoms with Crippen LogP contribution >= 0.6 is 0 Å². The molecular formula is C16H12N2O2. The fourth-order valence-corrected chi connectivity index (χ4v) is 2.00. The molecule has 1 aromatic carbocycles. The molecule has 0 aliphatic rings.